The van der Waals surface area contributed by atoms with E-state index in [1.165, 1.54) is 0 Å². The van der Waals surface area contributed by atoms with Crippen LogP contribution in [-0.4, -0.2) is 25.4 Å². The van der Waals surface area contributed by atoms with Crippen molar-refractivity contribution in [3.63, 3.8) is 0 Å². The van der Waals surface area contributed by atoms with Crippen LogP contribution in [0.2, 0.25) is 0 Å². The summed E-state index contributed by atoms with van der Waals surface area (Å²) in [6.07, 6.45) is 3.50. The van der Waals surface area contributed by atoms with Gasteiger partial charge in [-0.1, -0.05) is 29.5 Å². The number of nitrogens with one attached hydrogen (secondary N) is 1. The Morgan fingerprint density at radius 2 is 1.62 bits per heavy atom. The van der Waals surface area contributed by atoms with Crippen molar-refractivity contribution in [1.82, 2.24) is 25.4 Å². The minimum absolute atomic E-state index is 0.413. The summed E-state index contributed by atoms with van der Waals surface area (Å²) in [5.74, 6) is 0.776. The van der Waals surface area contributed by atoms with Crippen molar-refractivity contribution in [3.8, 4) is 28.3 Å². The van der Waals surface area contributed by atoms with Gasteiger partial charge >= 0.3 is 0 Å². The molecule has 5 aromatic rings. The summed E-state index contributed by atoms with van der Waals surface area (Å²) in [5.41, 5.74) is 5.47. The number of para-hydroxylation sites is 1. The fraction of sp³-hybridized carbons (Fsp3) is 0.0435. The molecule has 1 N–H and O–H groups in total. The van der Waals surface area contributed by atoms with Crippen molar-refractivity contribution in [2.45, 2.75) is 6.61 Å². The molecule has 0 aliphatic heterocycles. The summed E-state index contributed by atoms with van der Waals surface area (Å²) in [7, 11) is 0. The van der Waals surface area contributed by atoms with Crippen LogP contribution in [0.1, 0.15) is 5.69 Å². The van der Waals surface area contributed by atoms with Gasteiger partial charge in [-0.15, -0.1) is 5.10 Å². The maximum Gasteiger partial charge on any atom is 0.130 e. The summed E-state index contributed by atoms with van der Waals surface area (Å²) in [4.78, 5) is 8.70. The number of H-pyrrole nitrogens is 1. The summed E-state index contributed by atoms with van der Waals surface area (Å²) in [6.45, 7) is 0.413. The monoisotopic (exact) mass is 379 g/mol. The Morgan fingerprint density at radius 3 is 2.48 bits per heavy atom. The molecule has 0 aliphatic rings. The van der Waals surface area contributed by atoms with Crippen molar-refractivity contribution >= 4 is 10.9 Å². The van der Waals surface area contributed by atoms with Crippen LogP contribution >= 0.6 is 0 Å². The number of aromatic nitrogens is 5. The first-order valence-electron chi connectivity index (χ1n) is 9.26. The van der Waals surface area contributed by atoms with Crippen molar-refractivity contribution in [3.05, 3.63) is 90.9 Å². The Bertz CT molecular complexity index is 1250. The predicted molar refractivity (Wildman–Crippen MR) is 111 cm³/mol. The summed E-state index contributed by atoms with van der Waals surface area (Å²) in [6, 6.07) is 23.8. The largest absolute Gasteiger partial charge is 0.487 e. The minimum atomic E-state index is 0.413. The molecule has 0 radical (unpaired) electrons. The van der Waals surface area contributed by atoms with E-state index in [-0.39, 0.29) is 0 Å². The lowest BCUT2D eigenvalue weighted by molar-refractivity contribution is 0.302. The normalized spacial score (nSPS) is 10.9. The number of aromatic amines is 1. The smallest absolute Gasteiger partial charge is 0.130 e. The molecule has 0 saturated heterocycles. The summed E-state index contributed by atoms with van der Waals surface area (Å²) >= 11 is 0. The lowest BCUT2D eigenvalue weighted by Crippen LogP contribution is -1.98. The molecule has 6 nitrogen and oxygen atoms in total. The number of fused-ring (bicyclic) bond motifs is 1. The fourth-order valence-corrected chi connectivity index (χ4v) is 3.20. The number of ether oxygens (including phenoxy) is 1. The number of rotatable bonds is 5. The SMILES string of the molecule is c1ccc2nc(COc3ccc(-c4nn[nH]c4-c4ccncc4)cc3)ccc2c1. The zero-order valence-corrected chi connectivity index (χ0v) is 15.5. The molecule has 0 fully saturated rings. The molecule has 140 valence electrons. The second-order valence-electron chi connectivity index (χ2n) is 6.58. The van der Waals surface area contributed by atoms with Crippen molar-refractivity contribution in [1.29, 1.82) is 0 Å². The van der Waals surface area contributed by atoms with Crippen LogP contribution < -0.4 is 4.74 Å². The highest BCUT2D eigenvalue weighted by molar-refractivity contribution is 5.78. The minimum Gasteiger partial charge on any atom is -0.487 e. The third-order valence-corrected chi connectivity index (χ3v) is 4.69. The Balaban J connectivity index is 1.32. The van der Waals surface area contributed by atoms with Crippen molar-refractivity contribution in [2.75, 3.05) is 0 Å². The zero-order chi connectivity index (χ0) is 19.5. The highest BCUT2D eigenvalue weighted by atomic mass is 16.5. The van der Waals surface area contributed by atoms with Gasteiger partial charge in [-0.2, -0.15) is 0 Å². The lowest BCUT2D eigenvalue weighted by atomic mass is 10.1. The molecular weight excluding hydrogens is 362 g/mol. The Morgan fingerprint density at radius 1 is 0.793 bits per heavy atom. The van der Waals surface area contributed by atoms with Gasteiger partial charge in [-0.25, -0.2) is 4.98 Å². The van der Waals surface area contributed by atoms with E-state index in [0.29, 0.717) is 6.61 Å². The fourth-order valence-electron chi connectivity index (χ4n) is 3.20. The van der Waals surface area contributed by atoms with Gasteiger partial charge in [0.05, 0.1) is 16.9 Å². The second kappa shape index (κ2) is 7.52. The highest BCUT2D eigenvalue weighted by Gasteiger charge is 2.12. The van der Waals surface area contributed by atoms with Crippen LogP contribution in [0.15, 0.2) is 85.2 Å². The van der Waals surface area contributed by atoms with Gasteiger partial charge in [-0.05, 0) is 48.5 Å². The van der Waals surface area contributed by atoms with Gasteiger partial charge in [-0.3, -0.25) is 10.1 Å². The standard InChI is InChI=1S/C23H17N5O/c1-2-4-21-16(3-1)5-8-19(25-21)15-29-20-9-6-17(7-10-20)22-23(27-28-26-22)18-11-13-24-14-12-18/h1-14H,15H2,(H,26,27,28). The topological polar surface area (TPSA) is 76.6 Å². The maximum absolute atomic E-state index is 5.91. The van der Waals surface area contributed by atoms with Gasteiger partial charge in [0.15, 0.2) is 0 Å². The molecule has 2 aromatic carbocycles. The van der Waals surface area contributed by atoms with E-state index in [0.717, 1.165) is 44.9 Å². The van der Waals surface area contributed by atoms with E-state index < -0.39 is 0 Å². The zero-order valence-electron chi connectivity index (χ0n) is 15.5. The number of hydrogen-bond donors (Lipinski definition) is 1. The quantitative estimate of drug-likeness (QED) is 0.481. The van der Waals surface area contributed by atoms with Crippen LogP contribution in [0.5, 0.6) is 5.75 Å². The summed E-state index contributed by atoms with van der Waals surface area (Å²) < 4.78 is 5.91. The van der Waals surface area contributed by atoms with Gasteiger partial charge in [0.1, 0.15) is 18.1 Å². The van der Waals surface area contributed by atoms with Crippen LogP contribution in [0.25, 0.3) is 33.4 Å². The molecule has 0 spiro atoms. The van der Waals surface area contributed by atoms with E-state index in [1.807, 2.05) is 60.7 Å². The van der Waals surface area contributed by atoms with Gasteiger partial charge in [0.2, 0.25) is 0 Å². The number of benzene rings is 2. The molecule has 5 rings (SSSR count). The van der Waals surface area contributed by atoms with Crippen LogP contribution in [0, 0.1) is 0 Å². The van der Waals surface area contributed by atoms with E-state index in [4.69, 9.17) is 4.74 Å². The first kappa shape index (κ1) is 17.1. The van der Waals surface area contributed by atoms with Gasteiger partial charge in [0, 0.05) is 28.9 Å². The molecule has 3 aromatic heterocycles. The number of hydrogen-bond acceptors (Lipinski definition) is 5. The molecule has 0 bridgehead atoms. The molecule has 0 amide bonds. The predicted octanol–water partition coefficient (Wildman–Crippen LogP) is 4.66. The van der Waals surface area contributed by atoms with Gasteiger partial charge < -0.3 is 4.74 Å². The van der Waals surface area contributed by atoms with E-state index in [9.17, 15) is 0 Å². The Hall–Kier alpha value is -4.06. The molecule has 0 atom stereocenters. The maximum atomic E-state index is 5.91. The average Bonchev–Trinajstić information content (AvgIpc) is 3.28. The van der Waals surface area contributed by atoms with Crippen LogP contribution in [0.3, 0.4) is 0 Å². The molecular formula is C23H17N5O. The number of nitrogens with zero attached hydrogens (tertiary/aromatic N) is 4. The average molecular weight is 379 g/mol. The van der Waals surface area contributed by atoms with Crippen LogP contribution in [0.4, 0.5) is 0 Å². The first-order valence-corrected chi connectivity index (χ1v) is 9.26. The molecule has 0 unspecified atom stereocenters. The molecule has 29 heavy (non-hydrogen) atoms. The number of pyridine rings is 2. The van der Waals surface area contributed by atoms with Crippen LogP contribution in [-0.2, 0) is 6.61 Å². The van der Waals surface area contributed by atoms with E-state index in [1.54, 1.807) is 12.4 Å². The van der Waals surface area contributed by atoms with E-state index >= 15 is 0 Å². The Kier molecular flexibility index (Phi) is 4.42. The molecule has 0 saturated carbocycles. The third-order valence-electron chi connectivity index (χ3n) is 4.69. The molecule has 6 heteroatoms. The van der Waals surface area contributed by atoms with Crippen molar-refractivity contribution < 1.29 is 4.74 Å². The van der Waals surface area contributed by atoms with E-state index in [2.05, 4.69) is 37.5 Å². The highest BCUT2D eigenvalue weighted by Crippen LogP contribution is 2.29. The molecule has 3 heterocycles. The van der Waals surface area contributed by atoms with Crippen molar-refractivity contribution in [2.24, 2.45) is 0 Å². The molecule has 0 aliphatic carbocycles. The third kappa shape index (κ3) is 3.55. The first-order chi connectivity index (χ1) is 14.4. The van der Waals surface area contributed by atoms with Gasteiger partial charge in [0.25, 0.3) is 0 Å². The Labute approximate surface area is 167 Å². The summed E-state index contributed by atoms with van der Waals surface area (Å²) in [5, 5.41) is 12.3. The lowest BCUT2D eigenvalue weighted by Gasteiger charge is -2.08. The second-order valence-corrected chi connectivity index (χ2v) is 6.58.